The second-order valence-electron chi connectivity index (χ2n) is 4.58. The molecule has 0 aromatic heterocycles. The summed E-state index contributed by atoms with van der Waals surface area (Å²) in [7, 11) is 0. The summed E-state index contributed by atoms with van der Waals surface area (Å²) in [5, 5.41) is 0. The van der Waals surface area contributed by atoms with Gasteiger partial charge in [0.2, 0.25) is 0 Å². The fourth-order valence-electron chi connectivity index (χ4n) is 2.01. The van der Waals surface area contributed by atoms with Gasteiger partial charge in [0.1, 0.15) is 0 Å². The van der Waals surface area contributed by atoms with E-state index in [0.717, 1.165) is 6.42 Å². The van der Waals surface area contributed by atoms with Crippen molar-refractivity contribution in [2.75, 3.05) is 0 Å². The van der Waals surface area contributed by atoms with Gasteiger partial charge in [-0.25, -0.2) is 0 Å². The molecule has 2 N–H and O–H groups in total. The molecule has 2 aromatic rings. The van der Waals surface area contributed by atoms with Gasteiger partial charge in [-0.1, -0.05) is 80.1 Å². The highest BCUT2D eigenvalue weighted by atomic mass is 14.5. The molecule has 0 atom stereocenters. The minimum Gasteiger partial charge on any atom is -0.405 e. The van der Waals surface area contributed by atoms with E-state index >= 15 is 0 Å². The van der Waals surface area contributed by atoms with E-state index in [0.29, 0.717) is 0 Å². The Labute approximate surface area is 128 Å². The Balaban J connectivity index is 0.00000106. The summed E-state index contributed by atoms with van der Waals surface area (Å²) in [6, 6.07) is 19.1. The third-order valence-corrected chi connectivity index (χ3v) is 3.05. The average Bonchev–Trinajstić information content (AvgIpc) is 2.56. The highest BCUT2D eigenvalue weighted by molar-refractivity contribution is 5.64. The molecule has 0 aliphatic rings. The van der Waals surface area contributed by atoms with Crippen LogP contribution < -0.4 is 5.73 Å². The SMILES string of the molecule is CC.CC(/C=C\N)=C/Cc1cccc(-c2ccccc2)c1. The minimum absolute atomic E-state index is 0.927. The molecule has 0 amide bonds. The molecule has 0 fully saturated rings. The van der Waals surface area contributed by atoms with Crippen LogP contribution >= 0.6 is 0 Å². The maximum atomic E-state index is 5.38. The first-order valence-electron chi connectivity index (χ1n) is 7.49. The van der Waals surface area contributed by atoms with Crippen LogP contribution in [0, 0.1) is 0 Å². The number of hydrogen-bond acceptors (Lipinski definition) is 1. The van der Waals surface area contributed by atoms with Crippen LogP contribution in [0.25, 0.3) is 11.1 Å². The van der Waals surface area contributed by atoms with Gasteiger partial charge in [0.25, 0.3) is 0 Å². The van der Waals surface area contributed by atoms with Crippen LogP contribution in [-0.2, 0) is 6.42 Å². The van der Waals surface area contributed by atoms with Gasteiger partial charge in [-0.05, 0) is 42.3 Å². The molecule has 0 saturated heterocycles. The number of allylic oxidation sites excluding steroid dienone is 3. The Morgan fingerprint density at radius 1 is 0.952 bits per heavy atom. The summed E-state index contributed by atoms with van der Waals surface area (Å²) in [5.74, 6) is 0. The standard InChI is InChI=1S/C18H19N.C2H6/c1-15(12-13-19)10-11-16-6-5-9-18(14-16)17-7-3-2-4-8-17;1-2/h2-10,12-14H,11,19H2,1H3;1-2H3/b13-12-,15-10-;. The molecule has 1 heteroatoms. The Hall–Kier alpha value is -2.28. The zero-order chi connectivity index (χ0) is 15.5. The molecular formula is C20H25N. The second kappa shape index (κ2) is 9.60. The van der Waals surface area contributed by atoms with E-state index in [1.165, 1.54) is 22.3 Å². The molecule has 2 rings (SSSR count). The van der Waals surface area contributed by atoms with Gasteiger partial charge >= 0.3 is 0 Å². The van der Waals surface area contributed by atoms with Crippen molar-refractivity contribution >= 4 is 0 Å². The molecule has 0 bridgehead atoms. The molecule has 0 unspecified atom stereocenters. The third kappa shape index (κ3) is 5.70. The maximum Gasteiger partial charge on any atom is -0.00598 e. The van der Waals surface area contributed by atoms with Crippen LogP contribution in [0.3, 0.4) is 0 Å². The van der Waals surface area contributed by atoms with Gasteiger partial charge in [0.05, 0.1) is 0 Å². The van der Waals surface area contributed by atoms with Crippen LogP contribution in [-0.4, -0.2) is 0 Å². The third-order valence-electron chi connectivity index (χ3n) is 3.05. The van der Waals surface area contributed by atoms with Crippen molar-refractivity contribution < 1.29 is 0 Å². The van der Waals surface area contributed by atoms with E-state index in [1.807, 2.05) is 26.0 Å². The zero-order valence-corrected chi connectivity index (χ0v) is 13.2. The number of rotatable bonds is 4. The summed E-state index contributed by atoms with van der Waals surface area (Å²) in [6.07, 6.45) is 6.61. The summed E-state index contributed by atoms with van der Waals surface area (Å²) in [6.45, 7) is 6.06. The Bertz CT molecular complexity index is 580. The zero-order valence-electron chi connectivity index (χ0n) is 13.2. The lowest BCUT2D eigenvalue weighted by molar-refractivity contribution is 1.24. The van der Waals surface area contributed by atoms with Crippen molar-refractivity contribution in [3.05, 3.63) is 84.1 Å². The van der Waals surface area contributed by atoms with Crippen LogP contribution in [0.15, 0.2) is 78.5 Å². The first-order valence-corrected chi connectivity index (χ1v) is 7.49. The first-order chi connectivity index (χ1) is 10.3. The van der Waals surface area contributed by atoms with E-state index in [2.05, 4.69) is 61.5 Å². The quantitative estimate of drug-likeness (QED) is 0.751. The Morgan fingerprint density at radius 3 is 2.29 bits per heavy atom. The summed E-state index contributed by atoms with van der Waals surface area (Å²) in [5.41, 5.74) is 10.4. The summed E-state index contributed by atoms with van der Waals surface area (Å²) < 4.78 is 0. The number of hydrogen-bond donors (Lipinski definition) is 1. The molecule has 110 valence electrons. The lowest BCUT2D eigenvalue weighted by Gasteiger charge is -2.04. The van der Waals surface area contributed by atoms with Gasteiger partial charge in [-0.3, -0.25) is 0 Å². The second-order valence-corrected chi connectivity index (χ2v) is 4.58. The van der Waals surface area contributed by atoms with Crippen LogP contribution in [0.1, 0.15) is 26.3 Å². The average molecular weight is 279 g/mol. The topological polar surface area (TPSA) is 26.0 Å². The molecule has 1 nitrogen and oxygen atoms in total. The summed E-state index contributed by atoms with van der Waals surface area (Å²) in [4.78, 5) is 0. The molecule has 0 spiro atoms. The van der Waals surface area contributed by atoms with Crippen molar-refractivity contribution in [1.29, 1.82) is 0 Å². The molecule has 0 radical (unpaired) electrons. The van der Waals surface area contributed by atoms with Crippen molar-refractivity contribution in [3.8, 4) is 11.1 Å². The van der Waals surface area contributed by atoms with Gasteiger partial charge in [-0.2, -0.15) is 0 Å². The lowest BCUT2D eigenvalue weighted by Crippen LogP contribution is -1.85. The predicted octanol–water partition coefficient (Wildman–Crippen LogP) is 5.34. The van der Waals surface area contributed by atoms with E-state index < -0.39 is 0 Å². The van der Waals surface area contributed by atoms with Crippen molar-refractivity contribution in [2.24, 2.45) is 5.73 Å². The molecule has 0 saturated carbocycles. The highest BCUT2D eigenvalue weighted by Crippen LogP contribution is 2.20. The van der Waals surface area contributed by atoms with Gasteiger partial charge in [0.15, 0.2) is 0 Å². The smallest absolute Gasteiger partial charge is 0.00598 e. The Morgan fingerprint density at radius 2 is 1.62 bits per heavy atom. The maximum absolute atomic E-state index is 5.38. The van der Waals surface area contributed by atoms with Crippen LogP contribution in [0.2, 0.25) is 0 Å². The van der Waals surface area contributed by atoms with Gasteiger partial charge in [0, 0.05) is 0 Å². The Kier molecular flexibility index (Phi) is 7.67. The number of benzene rings is 2. The lowest BCUT2D eigenvalue weighted by atomic mass is 10.0. The van der Waals surface area contributed by atoms with Gasteiger partial charge in [-0.15, -0.1) is 0 Å². The molecule has 2 aromatic carbocycles. The highest BCUT2D eigenvalue weighted by Gasteiger charge is 1.97. The normalized spacial score (nSPS) is 11.1. The molecule has 21 heavy (non-hydrogen) atoms. The first kappa shape index (κ1) is 16.8. The van der Waals surface area contributed by atoms with Crippen molar-refractivity contribution in [2.45, 2.75) is 27.2 Å². The van der Waals surface area contributed by atoms with Gasteiger partial charge < -0.3 is 5.73 Å². The van der Waals surface area contributed by atoms with Crippen molar-refractivity contribution in [1.82, 2.24) is 0 Å². The molecular weight excluding hydrogens is 254 g/mol. The van der Waals surface area contributed by atoms with Crippen LogP contribution in [0.5, 0.6) is 0 Å². The fraction of sp³-hybridized carbons (Fsp3) is 0.200. The van der Waals surface area contributed by atoms with E-state index in [1.54, 1.807) is 6.20 Å². The monoisotopic (exact) mass is 279 g/mol. The largest absolute Gasteiger partial charge is 0.405 e. The minimum atomic E-state index is 0.927. The van der Waals surface area contributed by atoms with Crippen molar-refractivity contribution in [3.63, 3.8) is 0 Å². The number of nitrogens with two attached hydrogens (primary N) is 1. The molecule has 0 aliphatic carbocycles. The van der Waals surface area contributed by atoms with E-state index in [4.69, 9.17) is 5.73 Å². The summed E-state index contributed by atoms with van der Waals surface area (Å²) >= 11 is 0. The molecule has 0 heterocycles. The van der Waals surface area contributed by atoms with Crippen LogP contribution in [0.4, 0.5) is 0 Å². The van der Waals surface area contributed by atoms with E-state index in [-0.39, 0.29) is 0 Å². The van der Waals surface area contributed by atoms with E-state index in [9.17, 15) is 0 Å². The molecule has 0 aliphatic heterocycles. The fourth-order valence-corrected chi connectivity index (χ4v) is 2.01. The predicted molar refractivity (Wildman–Crippen MR) is 94.0 cm³/mol.